The van der Waals surface area contributed by atoms with Crippen LogP contribution in [0, 0.1) is 0 Å². The zero-order chi connectivity index (χ0) is 26.0. The van der Waals surface area contributed by atoms with Gasteiger partial charge in [-0.25, -0.2) is 0 Å². The maximum absolute atomic E-state index is 13.3. The largest absolute Gasteiger partial charge is 0.507 e. The fourth-order valence-electron chi connectivity index (χ4n) is 5.25. The van der Waals surface area contributed by atoms with Crippen molar-refractivity contribution in [2.45, 2.75) is 65.5 Å². The van der Waals surface area contributed by atoms with Crippen LogP contribution < -0.4 is 4.74 Å². The fourth-order valence-corrected chi connectivity index (χ4v) is 5.25. The van der Waals surface area contributed by atoms with E-state index in [0.29, 0.717) is 18.0 Å². The summed E-state index contributed by atoms with van der Waals surface area (Å²) in [6.07, 6.45) is 1.58. The number of aliphatic hydroxyl groups is 1. The number of rotatable bonds is 9. The van der Waals surface area contributed by atoms with Crippen LogP contribution in [-0.2, 0) is 16.0 Å². The number of hydrogen-bond acceptors (Lipinski definition) is 5. The molecule has 192 valence electrons. The molecule has 0 aromatic heterocycles. The Morgan fingerprint density at radius 3 is 2.44 bits per heavy atom. The van der Waals surface area contributed by atoms with Gasteiger partial charge in [0.15, 0.2) is 0 Å². The van der Waals surface area contributed by atoms with E-state index in [1.807, 2.05) is 43.3 Å². The number of ketones is 1. The minimum atomic E-state index is -0.626. The fraction of sp³-hybridized carbons (Fsp3) is 0.467. The van der Waals surface area contributed by atoms with Gasteiger partial charge in [-0.05, 0) is 73.8 Å². The van der Waals surface area contributed by atoms with E-state index in [4.69, 9.17) is 4.74 Å². The van der Waals surface area contributed by atoms with Crippen molar-refractivity contribution < 1.29 is 19.4 Å². The lowest BCUT2D eigenvalue weighted by molar-refractivity contribution is -0.140. The lowest BCUT2D eigenvalue weighted by atomic mass is 9.92. The molecule has 0 spiro atoms. The third kappa shape index (κ3) is 5.05. The highest BCUT2D eigenvalue weighted by Crippen LogP contribution is 2.41. The number of nitrogens with zero attached hydrogens (tertiary/aromatic N) is 2. The summed E-state index contributed by atoms with van der Waals surface area (Å²) in [5.74, 6) is -0.127. The van der Waals surface area contributed by atoms with Crippen molar-refractivity contribution in [1.29, 1.82) is 0 Å². The maximum atomic E-state index is 13.3. The number of benzene rings is 2. The summed E-state index contributed by atoms with van der Waals surface area (Å²) in [7, 11) is 0. The Labute approximate surface area is 214 Å². The zero-order valence-corrected chi connectivity index (χ0v) is 22.1. The molecule has 0 bridgehead atoms. The van der Waals surface area contributed by atoms with E-state index < -0.39 is 17.7 Å². The molecule has 0 radical (unpaired) electrons. The molecule has 2 aromatic rings. The third-order valence-corrected chi connectivity index (χ3v) is 7.40. The normalized spacial score (nSPS) is 20.9. The highest BCUT2D eigenvalue weighted by molar-refractivity contribution is 6.46. The summed E-state index contributed by atoms with van der Waals surface area (Å²) >= 11 is 0. The van der Waals surface area contributed by atoms with Gasteiger partial charge in [0.2, 0.25) is 0 Å². The summed E-state index contributed by atoms with van der Waals surface area (Å²) in [6, 6.07) is 12.9. The number of hydrogen-bond donors (Lipinski definition) is 1. The summed E-state index contributed by atoms with van der Waals surface area (Å²) in [4.78, 5) is 30.5. The van der Waals surface area contributed by atoms with Crippen molar-refractivity contribution in [2.75, 3.05) is 26.2 Å². The maximum Gasteiger partial charge on any atom is 0.295 e. The number of carbonyl (C=O) groups excluding carboxylic acids is 2. The second-order valence-electron chi connectivity index (χ2n) is 10.1. The quantitative estimate of drug-likeness (QED) is 0.294. The second kappa shape index (κ2) is 10.9. The Morgan fingerprint density at radius 2 is 1.81 bits per heavy atom. The van der Waals surface area contributed by atoms with Gasteiger partial charge >= 0.3 is 0 Å². The molecule has 1 saturated heterocycles. The van der Waals surface area contributed by atoms with E-state index in [2.05, 4.69) is 32.6 Å². The van der Waals surface area contributed by atoms with Crippen molar-refractivity contribution in [3.63, 3.8) is 0 Å². The van der Waals surface area contributed by atoms with Crippen molar-refractivity contribution in [2.24, 2.45) is 0 Å². The number of fused-ring (bicyclic) bond motifs is 1. The molecule has 6 nitrogen and oxygen atoms in total. The third-order valence-electron chi connectivity index (χ3n) is 7.40. The molecule has 0 saturated carbocycles. The first-order valence-corrected chi connectivity index (χ1v) is 13.2. The van der Waals surface area contributed by atoms with Crippen molar-refractivity contribution in [1.82, 2.24) is 9.80 Å². The molecule has 2 aromatic carbocycles. The predicted octanol–water partition coefficient (Wildman–Crippen LogP) is 5.29. The first-order chi connectivity index (χ1) is 17.2. The molecular weight excluding hydrogens is 452 g/mol. The summed E-state index contributed by atoms with van der Waals surface area (Å²) < 4.78 is 5.79. The van der Waals surface area contributed by atoms with Crippen molar-refractivity contribution in [3.05, 3.63) is 70.3 Å². The van der Waals surface area contributed by atoms with Crippen LogP contribution in [0.5, 0.6) is 5.75 Å². The minimum Gasteiger partial charge on any atom is -0.507 e. The Kier molecular flexibility index (Phi) is 7.84. The predicted molar refractivity (Wildman–Crippen MR) is 142 cm³/mol. The van der Waals surface area contributed by atoms with Gasteiger partial charge in [0.25, 0.3) is 11.7 Å². The average molecular weight is 491 g/mol. The molecule has 2 heterocycles. The molecular formula is C30H38N2O4. The van der Waals surface area contributed by atoms with E-state index in [1.54, 1.807) is 11.0 Å². The molecule has 2 atom stereocenters. The van der Waals surface area contributed by atoms with Gasteiger partial charge < -0.3 is 19.6 Å². The number of amides is 1. The lowest BCUT2D eigenvalue weighted by Gasteiger charge is -2.27. The van der Waals surface area contributed by atoms with E-state index >= 15 is 0 Å². The standard InChI is InChI=1S/C30H38N2O4/c1-6-31(7-2)15-8-16-32-27(22-11-9-21(10-12-22)19(3)4)26(29(34)30(32)35)28(33)23-13-14-25-24(18-23)17-20(5)36-25/h9-14,18-20,27,33H,6-8,15-17H2,1-5H3/t20-,27+/m0/s1. The van der Waals surface area contributed by atoms with Gasteiger partial charge in [-0.3, -0.25) is 9.59 Å². The first kappa shape index (κ1) is 26.0. The molecule has 1 fully saturated rings. The SMILES string of the molecule is CCN(CC)CCCN1C(=O)C(=O)C(=C(O)c2ccc3c(c2)C[C@H](C)O3)[C@H]1c1ccc(C(C)C)cc1. The first-order valence-electron chi connectivity index (χ1n) is 13.2. The molecule has 6 heteroatoms. The second-order valence-corrected chi connectivity index (χ2v) is 10.1. The van der Waals surface area contributed by atoms with Crippen LogP contribution in [0.15, 0.2) is 48.0 Å². The van der Waals surface area contributed by atoms with Crippen LogP contribution in [0.2, 0.25) is 0 Å². The lowest BCUT2D eigenvalue weighted by Crippen LogP contribution is -2.33. The van der Waals surface area contributed by atoms with Crippen LogP contribution >= 0.6 is 0 Å². The van der Waals surface area contributed by atoms with Crippen molar-refractivity contribution >= 4 is 17.4 Å². The highest BCUT2D eigenvalue weighted by Gasteiger charge is 2.45. The average Bonchev–Trinajstić information content (AvgIpc) is 3.37. The number of aliphatic hydroxyl groups excluding tert-OH is 1. The number of Topliss-reactive ketones (excluding diaryl/α,β-unsaturated/α-hetero) is 1. The molecule has 36 heavy (non-hydrogen) atoms. The van der Waals surface area contributed by atoms with Gasteiger partial charge in [-0.15, -0.1) is 0 Å². The topological polar surface area (TPSA) is 70.1 Å². The molecule has 2 aliphatic heterocycles. The van der Waals surface area contributed by atoms with Crippen LogP contribution in [0.1, 0.15) is 75.3 Å². The van der Waals surface area contributed by atoms with Gasteiger partial charge in [-0.1, -0.05) is 52.0 Å². The molecule has 2 aliphatic rings. The smallest absolute Gasteiger partial charge is 0.295 e. The van der Waals surface area contributed by atoms with E-state index in [0.717, 1.165) is 49.4 Å². The Hall–Kier alpha value is -3.12. The zero-order valence-electron chi connectivity index (χ0n) is 22.1. The molecule has 0 unspecified atom stereocenters. The summed E-state index contributed by atoms with van der Waals surface area (Å²) in [5.41, 5.74) is 3.72. The molecule has 4 rings (SSSR count). The van der Waals surface area contributed by atoms with E-state index in [1.165, 1.54) is 5.56 Å². The minimum absolute atomic E-state index is 0.0771. The van der Waals surface area contributed by atoms with Crippen LogP contribution in [0.3, 0.4) is 0 Å². The molecule has 1 N–H and O–H groups in total. The number of likely N-dealkylation sites (tertiary alicyclic amines) is 1. The van der Waals surface area contributed by atoms with Crippen LogP contribution in [-0.4, -0.2) is 58.9 Å². The number of carbonyl (C=O) groups is 2. The molecule has 1 amide bonds. The molecule has 0 aliphatic carbocycles. The van der Waals surface area contributed by atoms with Gasteiger partial charge in [-0.2, -0.15) is 0 Å². The Morgan fingerprint density at radius 1 is 1.11 bits per heavy atom. The monoisotopic (exact) mass is 490 g/mol. The van der Waals surface area contributed by atoms with Gasteiger partial charge in [0, 0.05) is 18.5 Å². The van der Waals surface area contributed by atoms with Crippen molar-refractivity contribution in [3.8, 4) is 5.75 Å². The Balaban J connectivity index is 1.73. The van der Waals surface area contributed by atoms with Gasteiger partial charge in [0.05, 0.1) is 11.6 Å². The highest BCUT2D eigenvalue weighted by atomic mass is 16.5. The summed E-state index contributed by atoms with van der Waals surface area (Å²) in [5, 5.41) is 11.4. The van der Waals surface area contributed by atoms with E-state index in [-0.39, 0.29) is 17.4 Å². The summed E-state index contributed by atoms with van der Waals surface area (Å²) in [6.45, 7) is 13.7. The van der Waals surface area contributed by atoms with E-state index in [9.17, 15) is 14.7 Å². The van der Waals surface area contributed by atoms with Gasteiger partial charge in [0.1, 0.15) is 17.6 Å². The van der Waals surface area contributed by atoms with Crippen LogP contribution in [0.25, 0.3) is 5.76 Å². The van der Waals surface area contributed by atoms with Crippen LogP contribution in [0.4, 0.5) is 0 Å². The Bertz CT molecular complexity index is 1150. The number of ether oxygens (including phenoxy) is 1.